The zero-order chi connectivity index (χ0) is 8.65. The lowest BCUT2D eigenvalue weighted by atomic mass is 10.1. The van der Waals surface area contributed by atoms with Crippen molar-refractivity contribution in [3.05, 3.63) is 17.7 Å². The molecule has 0 radical (unpaired) electrons. The van der Waals surface area contributed by atoms with Crippen molar-refractivity contribution in [3.8, 4) is 0 Å². The van der Waals surface area contributed by atoms with Crippen molar-refractivity contribution in [2.24, 2.45) is 0 Å². The van der Waals surface area contributed by atoms with Crippen LogP contribution in [-0.2, 0) is 5.54 Å². The third kappa shape index (κ3) is 1.59. The normalized spacial score (nSPS) is 12.1. The van der Waals surface area contributed by atoms with Gasteiger partial charge >= 0.3 is 0 Å². The molecule has 0 fully saturated rings. The maximum Gasteiger partial charge on any atom is 0.232 e. The molecule has 0 aliphatic carbocycles. The van der Waals surface area contributed by atoms with E-state index in [1.807, 2.05) is 27.7 Å². The van der Waals surface area contributed by atoms with E-state index >= 15 is 0 Å². The summed E-state index contributed by atoms with van der Waals surface area (Å²) in [5.74, 6) is -0.405. The average Bonchev–Trinajstić information content (AvgIpc) is 2.08. The number of nitrogens with zero attached hydrogens (tertiary/aromatic N) is 2. The fourth-order valence-corrected chi connectivity index (χ4v) is 1.12. The fourth-order valence-electron chi connectivity index (χ4n) is 1.12. The van der Waals surface area contributed by atoms with Crippen LogP contribution in [0.1, 0.15) is 26.5 Å². The van der Waals surface area contributed by atoms with Gasteiger partial charge in [-0.1, -0.05) is 0 Å². The molecule has 0 saturated heterocycles. The fraction of sp³-hybridized carbons (Fsp3) is 0.625. The van der Waals surface area contributed by atoms with Gasteiger partial charge in [-0.05, 0) is 27.7 Å². The second-order valence-electron chi connectivity index (χ2n) is 3.69. The van der Waals surface area contributed by atoms with Crippen LogP contribution in [-0.4, -0.2) is 9.78 Å². The summed E-state index contributed by atoms with van der Waals surface area (Å²) < 4.78 is 14.3. The summed E-state index contributed by atoms with van der Waals surface area (Å²) in [5, 5.41) is 3.73. The van der Waals surface area contributed by atoms with Crippen molar-refractivity contribution >= 4 is 0 Å². The summed E-state index contributed by atoms with van der Waals surface area (Å²) in [7, 11) is 0. The standard InChI is InChI=1S/C8H13FN2/c1-6-5-7(9)10-11(6)8(2,3)4/h5H,1-4H3. The van der Waals surface area contributed by atoms with Gasteiger partial charge in [-0.2, -0.15) is 4.39 Å². The Bertz CT molecular complexity index is 258. The molecule has 0 saturated carbocycles. The molecule has 0 N–H and O–H groups in total. The van der Waals surface area contributed by atoms with Gasteiger partial charge in [0, 0.05) is 11.8 Å². The number of aryl methyl sites for hydroxylation is 1. The molecule has 0 aromatic carbocycles. The van der Waals surface area contributed by atoms with Crippen molar-refractivity contribution in [2.75, 3.05) is 0 Å². The molecular formula is C8H13FN2. The molecule has 62 valence electrons. The summed E-state index contributed by atoms with van der Waals surface area (Å²) in [6.07, 6.45) is 0. The first kappa shape index (κ1) is 8.24. The number of aromatic nitrogens is 2. The van der Waals surface area contributed by atoms with E-state index in [4.69, 9.17) is 0 Å². The molecule has 3 heteroatoms. The molecule has 1 heterocycles. The van der Waals surface area contributed by atoms with Gasteiger partial charge < -0.3 is 0 Å². The molecule has 0 unspecified atom stereocenters. The van der Waals surface area contributed by atoms with Crippen LogP contribution >= 0.6 is 0 Å². The number of halogens is 1. The van der Waals surface area contributed by atoms with Gasteiger partial charge in [-0.25, -0.2) is 0 Å². The average molecular weight is 156 g/mol. The predicted molar refractivity (Wildman–Crippen MR) is 41.9 cm³/mol. The minimum atomic E-state index is -0.405. The molecule has 11 heavy (non-hydrogen) atoms. The summed E-state index contributed by atoms with van der Waals surface area (Å²) in [4.78, 5) is 0. The Hall–Kier alpha value is -0.860. The third-order valence-corrected chi connectivity index (χ3v) is 1.49. The van der Waals surface area contributed by atoms with E-state index < -0.39 is 5.95 Å². The highest BCUT2D eigenvalue weighted by molar-refractivity contribution is 5.01. The van der Waals surface area contributed by atoms with Gasteiger partial charge in [-0.3, -0.25) is 4.68 Å². The van der Waals surface area contributed by atoms with E-state index in [0.717, 1.165) is 5.69 Å². The first-order valence-corrected chi connectivity index (χ1v) is 3.64. The van der Waals surface area contributed by atoms with Crippen molar-refractivity contribution in [1.29, 1.82) is 0 Å². The van der Waals surface area contributed by atoms with E-state index in [0.29, 0.717) is 0 Å². The number of hydrogen-bond acceptors (Lipinski definition) is 1. The van der Waals surface area contributed by atoms with Crippen LogP contribution in [0, 0.1) is 12.9 Å². The maximum absolute atomic E-state index is 12.6. The van der Waals surface area contributed by atoms with Crippen molar-refractivity contribution < 1.29 is 4.39 Å². The Morgan fingerprint density at radius 3 is 2.18 bits per heavy atom. The summed E-state index contributed by atoms with van der Waals surface area (Å²) in [6.45, 7) is 7.83. The lowest BCUT2D eigenvalue weighted by Crippen LogP contribution is -2.24. The molecule has 0 atom stereocenters. The third-order valence-electron chi connectivity index (χ3n) is 1.49. The SMILES string of the molecule is Cc1cc(F)nn1C(C)(C)C. The molecule has 0 bridgehead atoms. The lowest BCUT2D eigenvalue weighted by Gasteiger charge is -2.20. The smallest absolute Gasteiger partial charge is 0.232 e. The maximum atomic E-state index is 12.6. The van der Waals surface area contributed by atoms with Gasteiger partial charge in [0.15, 0.2) is 0 Å². The Kier molecular flexibility index (Phi) is 1.74. The molecule has 0 amide bonds. The van der Waals surface area contributed by atoms with Crippen molar-refractivity contribution in [1.82, 2.24) is 9.78 Å². The van der Waals surface area contributed by atoms with Crippen LogP contribution in [0.2, 0.25) is 0 Å². The topological polar surface area (TPSA) is 17.8 Å². The minimum Gasteiger partial charge on any atom is -0.262 e. The predicted octanol–water partition coefficient (Wildman–Crippen LogP) is 2.09. The first-order valence-electron chi connectivity index (χ1n) is 3.64. The van der Waals surface area contributed by atoms with E-state index in [9.17, 15) is 4.39 Å². The van der Waals surface area contributed by atoms with E-state index in [2.05, 4.69) is 5.10 Å². The Morgan fingerprint density at radius 2 is 2.00 bits per heavy atom. The van der Waals surface area contributed by atoms with Crippen LogP contribution < -0.4 is 0 Å². The van der Waals surface area contributed by atoms with Gasteiger partial charge in [0.25, 0.3) is 0 Å². The second kappa shape index (κ2) is 2.32. The van der Waals surface area contributed by atoms with Crippen LogP contribution in [0.5, 0.6) is 0 Å². The van der Waals surface area contributed by atoms with Crippen LogP contribution in [0.3, 0.4) is 0 Å². The van der Waals surface area contributed by atoms with Gasteiger partial charge in [-0.15, -0.1) is 5.10 Å². The van der Waals surface area contributed by atoms with Crippen molar-refractivity contribution in [3.63, 3.8) is 0 Å². The highest BCUT2D eigenvalue weighted by Gasteiger charge is 2.16. The Morgan fingerprint density at radius 1 is 1.45 bits per heavy atom. The summed E-state index contributed by atoms with van der Waals surface area (Å²) in [6, 6.07) is 1.44. The number of hydrogen-bond donors (Lipinski definition) is 0. The Labute approximate surface area is 66.0 Å². The van der Waals surface area contributed by atoms with Gasteiger partial charge in [0.1, 0.15) is 0 Å². The highest BCUT2D eigenvalue weighted by Crippen LogP contribution is 2.15. The molecule has 0 aliphatic heterocycles. The van der Waals surface area contributed by atoms with Gasteiger partial charge in [0.05, 0.1) is 5.54 Å². The van der Waals surface area contributed by atoms with Crippen LogP contribution in [0.4, 0.5) is 4.39 Å². The zero-order valence-corrected chi connectivity index (χ0v) is 7.35. The van der Waals surface area contributed by atoms with E-state index in [1.165, 1.54) is 6.07 Å². The molecule has 2 nitrogen and oxygen atoms in total. The lowest BCUT2D eigenvalue weighted by molar-refractivity contribution is 0.335. The molecule has 1 aromatic heterocycles. The van der Waals surface area contributed by atoms with Gasteiger partial charge in [0.2, 0.25) is 5.95 Å². The molecule has 0 aliphatic rings. The quantitative estimate of drug-likeness (QED) is 0.562. The second-order valence-corrected chi connectivity index (χ2v) is 3.69. The minimum absolute atomic E-state index is 0.131. The summed E-state index contributed by atoms with van der Waals surface area (Å²) >= 11 is 0. The van der Waals surface area contributed by atoms with Crippen LogP contribution in [0.25, 0.3) is 0 Å². The zero-order valence-electron chi connectivity index (χ0n) is 7.35. The number of rotatable bonds is 0. The Balaban J connectivity index is 3.13. The monoisotopic (exact) mass is 156 g/mol. The van der Waals surface area contributed by atoms with E-state index in [1.54, 1.807) is 4.68 Å². The van der Waals surface area contributed by atoms with E-state index in [-0.39, 0.29) is 5.54 Å². The van der Waals surface area contributed by atoms with Crippen LogP contribution in [0.15, 0.2) is 6.07 Å². The largest absolute Gasteiger partial charge is 0.262 e. The summed E-state index contributed by atoms with van der Waals surface area (Å²) in [5.41, 5.74) is 0.726. The molecule has 1 rings (SSSR count). The van der Waals surface area contributed by atoms with Crippen molar-refractivity contribution in [2.45, 2.75) is 33.2 Å². The molecule has 1 aromatic rings. The molecule has 0 spiro atoms. The highest BCUT2D eigenvalue weighted by atomic mass is 19.1. The first-order chi connectivity index (χ1) is 4.91. The molecular weight excluding hydrogens is 143 g/mol.